The number of alkyl halides is 2. The summed E-state index contributed by atoms with van der Waals surface area (Å²) >= 11 is 14.5. The largest absolute Gasteiger partial charge is 0.125 e. The number of hydrogen-bond donors (Lipinski definition) is 0. The molecule has 0 saturated heterocycles. The predicted octanol–water partition coefficient (Wildman–Crippen LogP) is 7.83. The zero-order valence-electron chi connectivity index (χ0n) is 16.4. The molecule has 6 rings (SSSR count). The minimum atomic E-state index is -0.688. The van der Waals surface area contributed by atoms with Crippen LogP contribution in [0.25, 0.3) is 22.3 Å². The quantitative estimate of drug-likeness (QED) is 0.292. The van der Waals surface area contributed by atoms with Crippen LogP contribution < -0.4 is 0 Å². The number of rotatable bonds is 3. The molecule has 0 aliphatic heterocycles. The van der Waals surface area contributed by atoms with Crippen LogP contribution in [0.4, 0.5) is 0 Å². The van der Waals surface area contributed by atoms with E-state index in [9.17, 15) is 0 Å². The number of hydrogen-bond acceptors (Lipinski definition) is 0. The third kappa shape index (κ3) is 2.35. The maximum Gasteiger partial charge on any atom is 0.0799 e. The van der Waals surface area contributed by atoms with Crippen molar-refractivity contribution in [2.24, 2.45) is 0 Å². The highest BCUT2D eigenvalue weighted by Gasteiger charge is 2.52. The Morgan fingerprint density at radius 3 is 1.03 bits per heavy atom. The van der Waals surface area contributed by atoms with Crippen LogP contribution in [0.5, 0.6) is 0 Å². The first-order chi connectivity index (χ1) is 14.7. The third-order valence-electron chi connectivity index (χ3n) is 6.83. The van der Waals surface area contributed by atoms with Gasteiger partial charge >= 0.3 is 0 Å². The fourth-order valence-corrected chi connectivity index (χ4v) is 6.44. The summed E-state index contributed by atoms with van der Waals surface area (Å²) in [6.45, 7) is 0. The molecule has 4 aromatic carbocycles. The van der Waals surface area contributed by atoms with E-state index in [0.29, 0.717) is 5.88 Å². The van der Waals surface area contributed by atoms with Gasteiger partial charge in [-0.3, -0.25) is 0 Å². The molecule has 0 bridgehead atoms. The molecule has 0 fully saturated rings. The third-order valence-corrected chi connectivity index (χ3v) is 7.98. The van der Waals surface area contributed by atoms with Crippen molar-refractivity contribution in [2.45, 2.75) is 16.7 Å². The van der Waals surface area contributed by atoms with Crippen LogP contribution in [-0.2, 0) is 0 Å². The lowest BCUT2D eigenvalue weighted by Gasteiger charge is -2.39. The second-order valence-electron chi connectivity index (χ2n) is 8.28. The molecule has 0 amide bonds. The molecule has 0 saturated carbocycles. The van der Waals surface area contributed by atoms with Gasteiger partial charge in [0.1, 0.15) is 0 Å². The van der Waals surface area contributed by atoms with Gasteiger partial charge in [0.2, 0.25) is 0 Å². The molecule has 0 N–H and O–H groups in total. The highest BCUT2D eigenvalue weighted by atomic mass is 35.5. The van der Waals surface area contributed by atoms with Gasteiger partial charge in [-0.25, -0.2) is 0 Å². The molecular weight excluding hydrogens is 407 g/mol. The predicted molar refractivity (Wildman–Crippen MR) is 127 cm³/mol. The summed E-state index contributed by atoms with van der Waals surface area (Å²) in [7, 11) is 0. The number of halogens is 2. The van der Waals surface area contributed by atoms with Gasteiger partial charge < -0.3 is 0 Å². The van der Waals surface area contributed by atoms with Gasteiger partial charge in [0.15, 0.2) is 0 Å². The van der Waals surface area contributed by atoms with E-state index in [1.165, 1.54) is 44.5 Å². The smallest absolute Gasteiger partial charge is 0.0799 e. The Morgan fingerprint density at radius 1 is 0.500 bits per heavy atom. The van der Waals surface area contributed by atoms with Gasteiger partial charge in [-0.05, 0) is 44.5 Å². The van der Waals surface area contributed by atoms with Crippen molar-refractivity contribution in [3.63, 3.8) is 0 Å². The zero-order valence-corrected chi connectivity index (χ0v) is 17.9. The van der Waals surface area contributed by atoms with E-state index in [1.54, 1.807) is 0 Å². The van der Waals surface area contributed by atoms with Crippen molar-refractivity contribution in [2.75, 3.05) is 5.88 Å². The first-order valence-electron chi connectivity index (χ1n) is 10.4. The van der Waals surface area contributed by atoms with Gasteiger partial charge in [-0.15, -0.1) is 23.2 Å². The average Bonchev–Trinajstić information content (AvgIpc) is 3.33. The molecule has 2 heteroatoms. The Kier molecular flexibility index (Phi) is 4.10. The number of benzene rings is 4. The SMILES string of the molecule is ClCC(Cl)(C1c2ccccc2-c2ccccc21)C1c2ccccc2-c2ccccc21. The van der Waals surface area contributed by atoms with E-state index >= 15 is 0 Å². The Bertz CT molecular complexity index is 1090. The summed E-state index contributed by atoms with van der Waals surface area (Å²) in [5.41, 5.74) is 10.2. The van der Waals surface area contributed by atoms with Gasteiger partial charge in [0.05, 0.1) is 4.87 Å². The van der Waals surface area contributed by atoms with Crippen LogP contribution in [0.15, 0.2) is 97.1 Å². The molecule has 0 radical (unpaired) electrons. The normalized spacial score (nSPS) is 14.9. The van der Waals surface area contributed by atoms with Gasteiger partial charge in [0, 0.05) is 17.7 Å². The van der Waals surface area contributed by atoms with Crippen LogP contribution in [0.3, 0.4) is 0 Å². The molecule has 30 heavy (non-hydrogen) atoms. The molecule has 2 aliphatic rings. The average molecular weight is 427 g/mol. The lowest BCUT2D eigenvalue weighted by molar-refractivity contribution is 0.513. The molecular formula is C28H20Cl2. The van der Waals surface area contributed by atoms with Crippen molar-refractivity contribution in [1.29, 1.82) is 0 Å². The van der Waals surface area contributed by atoms with Crippen molar-refractivity contribution in [1.82, 2.24) is 0 Å². The summed E-state index contributed by atoms with van der Waals surface area (Å²) in [5, 5.41) is 0. The summed E-state index contributed by atoms with van der Waals surface area (Å²) in [6, 6.07) is 34.6. The molecule has 146 valence electrons. The van der Waals surface area contributed by atoms with Crippen LogP contribution in [0.1, 0.15) is 34.1 Å². The van der Waals surface area contributed by atoms with Gasteiger partial charge in [-0.2, -0.15) is 0 Å². The minimum Gasteiger partial charge on any atom is -0.125 e. The van der Waals surface area contributed by atoms with Crippen LogP contribution in [-0.4, -0.2) is 10.8 Å². The topological polar surface area (TPSA) is 0 Å². The fourth-order valence-electron chi connectivity index (χ4n) is 5.67. The zero-order chi connectivity index (χ0) is 20.3. The van der Waals surface area contributed by atoms with E-state index in [1.807, 2.05) is 0 Å². The first kappa shape index (κ1) is 18.2. The first-order valence-corrected chi connectivity index (χ1v) is 11.3. The Balaban J connectivity index is 1.63. The highest BCUT2D eigenvalue weighted by Crippen LogP contribution is 2.61. The highest BCUT2D eigenvalue weighted by molar-refractivity contribution is 6.32. The van der Waals surface area contributed by atoms with E-state index in [-0.39, 0.29) is 11.8 Å². The Hall–Kier alpha value is -2.54. The number of fused-ring (bicyclic) bond motifs is 6. The monoisotopic (exact) mass is 426 g/mol. The van der Waals surface area contributed by atoms with E-state index in [4.69, 9.17) is 23.2 Å². The van der Waals surface area contributed by atoms with Crippen molar-refractivity contribution < 1.29 is 0 Å². The van der Waals surface area contributed by atoms with Crippen molar-refractivity contribution in [3.05, 3.63) is 119 Å². The Morgan fingerprint density at radius 2 is 0.767 bits per heavy atom. The van der Waals surface area contributed by atoms with Gasteiger partial charge in [0.25, 0.3) is 0 Å². The van der Waals surface area contributed by atoms with E-state index in [2.05, 4.69) is 97.1 Å². The van der Waals surface area contributed by atoms with Crippen molar-refractivity contribution >= 4 is 23.2 Å². The van der Waals surface area contributed by atoms with Crippen LogP contribution in [0.2, 0.25) is 0 Å². The molecule has 4 aromatic rings. The molecule has 0 heterocycles. The summed E-state index contributed by atoms with van der Waals surface area (Å²) < 4.78 is 0. The molecule has 0 aromatic heterocycles. The standard InChI is InChI=1S/C28H20Cl2/c29-17-28(30,26-22-13-5-1-9-18(22)19-10-2-6-14-23(19)26)27-24-15-7-3-11-20(24)21-12-4-8-16-25(21)27/h1-16,26-27H,17H2. The van der Waals surface area contributed by atoms with Crippen molar-refractivity contribution in [3.8, 4) is 22.3 Å². The van der Waals surface area contributed by atoms with Gasteiger partial charge in [-0.1, -0.05) is 97.1 Å². The summed E-state index contributed by atoms with van der Waals surface area (Å²) in [4.78, 5) is -0.688. The van der Waals surface area contributed by atoms with E-state index < -0.39 is 4.87 Å². The van der Waals surface area contributed by atoms with E-state index in [0.717, 1.165) is 0 Å². The molecule has 0 atom stereocenters. The maximum absolute atomic E-state index is 7.72. The lowest BCUT2D eigenvalue weighted by Crippen LogP contribution is -2.39. The molecule has 0 nitrogen and oxygen atoms in total. The minimum absolute atomic E-state index is 0.0216. The molecule has 2 aliphatic carbocycles. The molecule has 0 spiro atoms. The van der Waals surface area contributed by atoms with Crippen LogP contribution in [0, 0.1) is 0 Å². The maximum atomic E-state index is 7.72. The second kappa shape index (κ2) is 6.74. The fraction of sp³-hybridized carbons (Fsp3) is 0.143. The second-order valence-corrected chi connectivity index (χ2v) is 9.25. The summed E-state index contributed by atoms with van der Waals surface area (Å²) in [6.07, 6.45) is 0. The van der Waals surface area contributed by atoms with Crippen LogP contribution >= 0.6 is 23.2 Å². The molecule has 0 unspecified atom stereocenters. The Labute approximate surface area is 187 Å². The lowest BCUT2D eigenvalue weighted by atomic mass is 9.73. The summed E-state index contributed by atoms with van der Waals surface area (Å²) in [5.74, 6) is 0.399.